The molecule has 0 unspecified atom stereocenters. The van der Waals surface area contributed by atoms with Gasteiger partial charge in [0, 0.05) is 18.0 Å². The van der Waals surface area contributed by atoms with Crippen LogP contribution in [-0.2, 0) is 0 Å². The number of nitrogens with one attached hydrogen (secondary N) is 2. The zero-order valence-electron chi connectivity index (χ0n) is 11.1. The third-order valence-corrected chi connectivity index (χ3v) is 3.02. The lowest BCUT2D eigenvalue weighted by Crippen LogP contribution is -2.18. The Kier molecular flexibility index (Phi) is 3.57. The summed E-state index contributed by atoms with van der Waals surface area (Å²) in [6.45, 7) is 1.03. The Balaban J connectivity index is 1.81. The molecule has 21 heavy (non-hydrogen) atoms. The number of nitrogens with two attached hydrogens (primary N) is 1. The summed E-state index contributed by atoms with van der Waals surface area (Å²) in [5.74, 6) is 6.37. The van der Waals surface area contributed by atoms with Crippen LogP contribution in [0, 0.1) is 0 Å². The van der Waals surface area contributed by atoms with E-state index in [4.69, 9.17) is 15.3 Å². The van der Waals surface area contributed by atoms with Gasteiger partial charge in [-0.2, -0.15) is 0 Å². The van der Waals surface area contributed by atoms with Gasteiger partial charge in [0.15, 0.2) is 11.5 Å². The van der Waals surface area contributed by atoms with Crippen LogP contribution in [0.25, 0.3) is 0 Å². The highest BCUT2D eigenvalue weighted by Gasteiger charge is 2.15. The highest BCUT2D eigenvalue weighted by Crippen LogP contribution is 2.32. The van der Waals surface area contributed by atoms with Crippen molar-refractivity contribution in [3.8, 4) is 11.5 Å². The highest BCUT2D eigenvalue weighted by molar-refractivity contribution is 6.07. The molecular formula is C14H14N4O3. The van der Waals surface area contributed by atoms with Gasteiger partial charge in [0.05, 0.1) is 17.4 Å². The number of nitrogen functional groups attached to an aromatic ring is 1. The van der Waals surface area contributed by atoms with E-state index < -0.39 is 0 Å². The molecule has 0 bridgehead atoms. The van der Waals surface area contributed by atoms with Crippen molar-refractivity contribution in [3.63, 3.8) is 0 Å². The maximum Gasteiger partial charge on any atom is 0.257 e. The molecule has 0 aliphatic carbocycles. The molecule has 0 saturated carbocycles. The molecule has 0 fully saturated rings. The first kappa shape index (κ1) is 13.2. The highest BCUT2D eigenvalue weighted by atomic mass is 16.6. The van der Waals surface area contributed by atoms with Gasteiger partial charge in [-0.1, -0.05) is 0 Å². The SMILES string of the molecule is NNc1cnccc1C(=O)Nc1ccc2c(c1)OCCO2. The molecule has 7 heteroatoms. The number of fused-ring (bicyclic) bond motifs is 1. The van der Waals surface area contributed by atoms with Gasteiger partial charge in [0.25, 0.3) is 5.91 Å². The number of benzene rings is 1. The number of carbonyl (C=O) groups is 1. The molecule has 0 spiro atoms. The Hall–Kier alpha value is -2.80. The number of nitrogens with zero attached hydrogens (tertiary/aromatic N) is 1. The molecule has 3 rings (SSSR count). The second kappa shape index (κ2) is 5.68. The number of hydrogen-bond acceptors (Lipinski definition) is 6. The van der Waals surface area contributed by atoms with Crippen molar-refractivity contribution >= 4 is 17.3 Å². The van der Waals surface area contributed by atoms with E-state index in [0.29, 0.717) is 41.7 Å². The number of hydrazine groups is 1. The van der Waals surface area contributed by atoms with E-state index in [1.807, 2.05) is 0 Å². The fourth-order valence-corrected chi connectivity index (χ4v) is 2.03. The van der Waals surface area contributed by atoms with Gasteiger partial charge in [-0.3, -0.25) is 15.6 Å². The fraction of sp³-hybridized carbons (Fsp3) is 0.143. The molecule has 1 aromatic heterocycles. The zero-order valence-corrected chi connectivity index (χ0v) is 11.1. The van der Waals surface area contributed by atoms with Gasteiger partial charge < -0.3 is 20.2 Å². The number of pyridine rings is 1. The Labute approximate surface area is 121 Å². The number of carbonyl (C=O) groups excluding carboxylic acids is 1. The van der Waals surface area contributed by atoms with Crippen LogP contribution in [0.15, 0.2) is 36.7 Å². The molecule has 7 nitrogen and oxygen atoms in total. The first-order chi connectivity index (χ1) is 10.3. The average Bonchev–Trinajstić information content (AvgIpc) is 2.54. The Bertz CT molecular complexity index is 675. The van der Waals surface area contributed by atoms with Crippen LogP contribution in [0.2, 0.25) is 0 Å². The third-order valence-electron chi connectivity index (χ3n) is 3.02. The maximum absolute atomic E-state index is 12.3. The predicted octanol–water partition coefficient (Wildman–Crippen LogP) is 1.39. The lowest BCUT2D eigenvalue weighted by atomic mass is 10.2. The molecule has 1 aromatic carbocycles. The van der Waals surface area contributed by atoms with Crippen LogP contribution in [0.4, 0.5) is 11.4 Å². The van der Waals surface area contributed by atoms with Crippen LogP contribution in [0.1, 0.15) is 10.4 Å². The largest absolute Gasteiger partial charge is 0.486 e. The van der Waals surface area contributed by atoms with E-state index >= 15 is 0 Å². The number of anilines is 2. The van der Waals surface area contributed by atoms with Gasteiger partial charge in [0.2, 0.25) is 0 Å². The second-order valence-corrected chi connectivity index (χ2v) is 4.38. The first-order valence-corrected chi connectivity index (χ1v) is 6.39. The van der Waals surface area contributed by atoms with E-state index in [-0.39, 0.29) is 5.91 Å². The van der Waals surface area contributed by atoms with E-state index in [1.165, 1.54) is 12.4 Å². The molecule has 1 aliphatic heterocycles. The number of rotatable bonds is 3. The van der Waals surface area contributed by atoms with Gasteiger partial charge in [0.1, 0.15) is 13.2 Å². The van der Waals surface area contributed by atoms with Crippen LogP contribution in [-0.4, -0.2) is 24.1 Å². The van der Waals surface area contributed by atoms with Crippen molar-refractivity contribution in [1.29, 1.82) is 0 Å². The van der Waals surface area contributed by atoms with Gasteiger partial charge >= 0.3 is 0 Å². The fourth-order valence-electron chi connectivity index (χ4n) is 2.03. The molecule has 0 saturated heterocycles. The van der Waals surface area contributed by atoms with Gasteiger partial charge in [-0.05, 0) is 18.2 Å². The van der Waals surface area contributed by atoms with Crippen LogP contribution >= 0.6 is 0 Å². The van der Waals surface area contributed by atoms with Crippen molar-refractivity contribution in [3.05, 3.63) is 42.2 Å². The van der Waals surface area contributed by atoms with Crippen molar-refractivity contribution < 1.29 is 14.3 Å². The standard InChI is InChI=1S/C14H14N4O3/c15-18-11-8-16-4-3-10(11)14(19)17-9-1-2-12-13(7-9)21-6-5-20-12/h1-4,7-8,18H,5-6,15H2,(H,17,19). The predicted molar refractivity (Wildman–Crippen MR) is 77.4 cm³/mol. The van der Waals surface area contributed by atoms with Gasteiger partial charge in [-0.25, -0.2) is 0 Å². The summed E-state index contributed by atoms with van der Waals surface area (Å²) < 4.78 is 10.9. The molecule has 2 aromatic rings. The summed E-state index contributed by atoms with van der Waals surface area (Å²) >= 11 is 0. The summed E-state index contributed by atoms with van der Waals surface area (Å²) in [7, 11) is 0. The second-order valence-electron chi connectivity index (χ2n) is 4.38. The minimum absolute atomic E-state index is 0.290. The van der Waals surface area contributed by atoms with E-state index in [1.54, 1.807) is 24.3 Å². The molecule has 1 amide bonds. The summed E-state index contributed by atoms with van der Waals surface area (Å²) in [6.07, 6.45) is 3.01. The molecule has 108 valence electrons. The Morgan fingerprint density at radius 3 is 2.81 bits per heavy atom. The smallest absolute Gasteiger partial charge is 0.257 e. The van der Waals surface area contributed by atoms with E-state index in [2.05, 4.69) is 15.7 Å². The minimum Gasteiger partial charge on any atom is -0.486 e. The average molecular weight is 286 g/mol. The monoisotopic (exact) mass is 286 g/mol. The van der Waals surface area contributed by atoms with Crippen molar-refractivity contribution in [2.75, 3.05) is 24.0 Å². The molecule has 0 atom stereocenters. The molecular weight excluding hydrogens is 272 g/mol. The van der Waals surface area contributed by atoms with Crippen molar-refractivity contribution in [2.24, 2.45) is 5.84 Å². The topological polar surface area (TPSA) is 98.5 Å². The lowest BCUT2D eigenvalue weighted by molar-refractivity contribution is 0.102. The first-order valence-electron chi connectivity index (χ1n) is 6.39. The summed E-state index contributed by atoms with van der Waals surface area (Å²) in [5.41, 5.74) is 3.92. The normalized spacial score (nSPS) is 12.6. The summed E-state index contributed by atoms with van der Waals surface area (Å²) in [6, 6.07) is 6.83. The summed E-state index contributed by atoms with van der Waals surface area (Å²) in [5, 5.41) is 2.79. The van der Waals surface area contributed by atoms with Gasteiger partial charge in [-0.15, -0.1) is 0 Å². The van der Waals surface area contributed by atoms with Crippen molar-refractivity contribution in [2.45, 2.75) is 0 Å². The minimum atomic E-state index is -0.290. The molecule has 2 heterocycles. The number of ether oxygens (including phenoxy) is 2. The Morgan fingerprint density at radius 1 is 1.19 bits per heavy atom. The maximum atomic E-state index is 12.3. The molecule has 1 aliphatic rings. The third kappa shape index (κ3) is 2.72. The lowest BCUT2D eigenvalue weighted by Gasteiger charge is -2.19. The number of aromatic nitrogens is 1. The molecule has 4 N–H and O–H groups in total. The quantitative estimate of drug-likeness (QED) is 0.582. The Morgan fingerprint density at radius 2 is 2.00 bits per heavy atom. The number of amides is 1. The van der Waals surface area contributed by atoms with Crippen LogP contribution in [0.5, 0.6) is 11.5 Å². The van der Waals surface area contributed by atoms with Crippen molar-refractivity contribution in [1.82, 2.24) is 4.98 Å². The molecule has 0 radical (unpaired) electrons. The number of hydrogen-bond donors (Lipinski definition) is 3. The van der Waals surface area contributed by atoms with E-state index in [0.717, 1.165) is 0 Å². The van der Waals surface area contributed by atoms with Crippen LogP contribution in [0.3, 0.4) is 0 Å². The van der Waals surface area contributed by atoms with E-state index in [9.17, 15) is 4.79 Å². The van der Waals surface area contributed by atoms with Crippen LogP contribution < -0.4 is 26.1 Å². The summed E-state index contributed by atoms with van der Waals surface area (Å²) in [4.78, 5) is 16.2. The zero-order chi connectivity index (χ0) is 14.7.